The molecule has 8 nitrogen and oxygen atoms in total. The van der Waals surface area contributed by atoms with Crippen molar-refractivity contribution >= 4 is 60.9 Å². The number of hydrogen-bond donors (Lipinski definition) is 1. The molecule has 0 atom stereocenters. The molecule has 0 aliphatic rings. The molecule has 0 radical (unpaired) electrons. The maximum atomic E-state index is 12.4. The topological polar surface area (TPSA) is 99.4 Å². The van der Waals surface area contributed by atoms with Gasteiger partial charge in [-0.15, -0.1) is 0 Å². The highest BCUT2D eigenvalue weighted by molar-refractivity contribution is 9.11. The maximum Gasteiger partial charge on any atom is 0.343 e. The molecule has 0 aliphatic heterocycles. The van der Waals surface area contributed by atoms with Gasteiger partial charge in [0, 0.05) is 9.86 Å². The van der Waals surface area contributed by atoms with E-state index in [9.17, 15) is 9.59 Å². The third kappa shape index (κ3) is 5.86. The average molecular weight is 554 g/mol. The molecule has 1 heterocycles. The minimum Gasteiger partial charge on any atom is -0.490 e. The third-order valence-corrected chi connectivity index (χ3v) is 5.03. The first-order valence-electron chi connectivity index (χ1n) is 9.09. The number of esters is 1. The zero-order valence-electron chi connectivity index (χ0n) is 16.6. The predicted molar refractivity (Wildman–Crippen MR) is 122 cm³/mol. The molecule has 10 heteroatoms. The van der Waals surface area contributed by atoms with E-state index >= 15 is 0 Å². The Bertz CT molecular complexity index is 1140. The van der Waals surface area contributed by atoms with Crippen LogP contribution in [0.3, 0.4) is 0 Å². The second-order valence-corrected chi connectivity index (χ2v) is 7.89. The number of ether oxygens (including phenoxy) is 3. The molecule has 0 saturated carbocycles. The number of rotatable bonds is 8. The quantitative estimate of drug-likeness (QED) is 0.247. The van der Waals surface area contributed by atoms with Crippen molar-refractivity contribution in [3.8, 4) is 11.5 Å². The van der Waals surface area contributed by atoms with Crippen LogP contribution >= 0.6 is 31.9 Å². The van der Waals surface area contributed by atoms with Gasteiger partial charge in [0.15, 0.2) is 23.9 Å². The Morgan fingerprint density at radius 2 is 1.94 bits per heavy atom. The summed E-state index contributed by atoms with van der Waals surface area (Å²) >= 11 is 6.81. The fourth-order valence-electron chi connectivity index (χ4n) is 2.60. The monoisotopic (exact) mass is 552 g/mol. The van der Waals surface area contributed by atoms with E-state index in [0.29, 0.717) is 29.3 Å². The van der Waals surface area contributed by atoms with Gasteiger partial charge in [0.05, 0.1) is 24.4 Å². The molecular formula is C21H18Br2N2O6. The second-order valence-electron chi connectivity index (χ2n) is 6.12. The Hall–Kier alpha value is -2.85. The van der Waals surface area contributed by atoms with Crippen LogP contribution in [0.25, 0.3) is 11.0 Å². The van der Waals surface area contributed by atoms with Gasteiger partial charge >= 0.3 is 11.9 Å². The number of amides is 1. The molecule has 0 fully saturated rings. The smallest absolute Gasteiger partial charge is 0.343 e. The van der Waals surface area contributed by atoms with E-state index in [1.54, 1.807) is 24.3 Å². The van der Waals surface area contributed by atoms with Crippen LogP contribution in [0.1, 0.15) is 23.0 Å². The van der Waals surface area contributed by atoms with E-state index in [1.807, 2.05) is 19.1 Å². The number of carbonyl (C=O) groups is 2. The standard InChI is InChI=1S/C21H18Br2N2O6/c1-3-29-17-6-12(4-5-16(17)30-11-19(26)28-2)10-24-25-21(27)18-8-13-7-14(22)9-15(23)20(13)31-18/h4-10H,3,11H2,1-2H3,(H,25,27)/b24-10-. The minimum atomic E-state index is -0.499. The fraction of sp³-hybridized carbons (Fsp3) is 0.190. The van der Waals surface area contributed by atoms with Crippen molar-refractivity contribution in [3.05, 3.63) is 56.7 Å². The number of hydrazone groups is 1. The van der Waals surface area contributed by atoms with Gasteiger partial charge in [-0.25, -0.2) is 10.2 Å². The van der Waals surface area contributed by atoms with Crippen molar-refractivity contribution in [1.82, 2.24) is 5.43 Å². The molecule has 0 unspecified atom stereocenters. The molecule has 162 valence electrons. The molecule has 2 aromatic carbocycles. The summed E-state index contributed by atoms with van der Waals surface area (Å²) < 4.78 is 22.7. The number of halogens is 2. The summed E-state index contributed by atoms with van der Waals surface area (Å²) in [5, 5.41) is 4.75. The lowest BCUT2D eigenvalue weighted by Crippen LogP contribution is -2.16. The first-order chi connectivity index (χ1) is 14.9. The van der Waals surface area contributed by atoms with Crippen LogP contribution in [0.2, 0.25) is 0 Å². The Morgan fingerprint density at radius 1 is 1.13 bits per heavy atom. The van der Waals surface area contributed by atoms with E-state index in [2.05, 4.69) is 47.1 Å². The number of furan rings is 1. The van der Waals surface area contributed by atoms with Crippen LogP contribution in [-0.2, 0) is 9.53 Å². The van der Waals surface area contributed by atoms with Gasteiger partial charge in [-0.1, -0.05) is 15.9 Å². The van der Waals surface area contributed by atoms with Gasteiger partial charge in [-0.2, -0.15) is 5.10 Å². The molecule has 1 amide bonds. The molecule has 1 aromatic heterocycles. The Morgan fingerprint density at radius 3 is 2.68 bits per heavy atom. The first-order valence-corrected chi connectivity index (χ1v) is 10.7. The molecule has 1 N–H and O–H groups in total. The van der Waals surface area contributed by atoms with Crippen LogP contribution < -0.4 is 14.9 Å². The average Bonchev–Trinajstić information content (AvgIpc) is 3.17. The van der Waals surface area contributed by atoms with E-state index in [0.717, 1.165) is 14.3 Å². The molecule has 3 aromatic rings. The lowest BCUT2D eigenvalue weighted by molar-refractivity contribution is -0.142. The van der Waals surface area contributed by atoms with Gasteiger partial charge in [0.1, 0.15) is 5.58 Å². The predicted octanol–water partition coefficient (Wildman–Crippen LogP) is 4.67. The molecule has 3 rings (SSSR count). The normalized spacial score (nSPS) is 11.0. The summed E-state index contributed by atoms with van der Waals surface area (Å²) in [6, 6.07) is 10.4. The van der Waals surface area contributed by atoms with Gasteiger partial charge in [0.25, 0.3) is 0 Å². The highest BCUT2D eigenvalue weighted by atomic mass is 79.9. The Balaban J connectivity index is 1.69. The fourth-order valence-corrected chi connectivity index (χ4v) is 3.94. The third-order valence-electron chi connectivity index (χ3n) is 3.98. The zero-order chi connectivity index (χ0) is 22.4. The number of methoxy groups -OCH3 is 1. The van der Waals surface area contributed by atoms with Crippen molar-refractivity contribution in [1.29, 1.82) is 0 Å². The second kappa shape index (κ2) is 10.5. The lowest BCUT2D eigenvalue weighted by Gasteiger charge is -2.11. The van der Waals surface area contributed by atoms with Crippen molar-refractivity contribution < 1.29 is 28.2 Å². The number of nitrogens with one attached hydrogen (secondary N) is 1. The van der Waals surface area contributed by atoms with Crippen LogP contribution in [0.4, 0.5) is 0 Å². The largest absolute Gasteiger partial charge is 0.490 e. The summed E-state index contributed by atoms with van der Waals surface area (Å²) in [6.45, 7) is 2.00. The Kier molecular flexibility index (Phi) is 7.69. The number of nitrogens with zero attached hydrogens (tertiary/aromatic N) is 1. The van der Waals surface area contributed by atoms with Crippen molar-refractivity contribution in [2.75, 3.05) is 20.3 Å². The highest BCUT2D eigenvalue weighted by Gasteiger charge is 2.14. The van der Waals surface area contributed by atoms with Crippen LogP contribution in [-0.4, -0.2) is 38.4 Å². The summed E-state index contributed by atoms with van der Waals surface area (Å²) in [6.07, 6.45) is 1.46. The minimum absolute atomic E-state index is 0.132. The van der Waals surface area contributed by atoms with Crippen molar-refractivity contribution in [3.63, 3.8) is 0 Å². The van der Waals surface area contributed by atoms with E-state index in [-0.39, 0.29) is 12.4 Å². The highest BCUT2D eigenvalue weighted by Crippen LogP contribution is 2.31. The summed E-state index contributed by atoms with van der Waals surface area (Å²) in [5.74, 6) is -0.0198. The van der Waals surface area contributed by atoms with E-state index in [4.69, 9.17) is 13.9 Å². The lowest BCUT2D eigenvalue weighted by atomic mass is 10.2. The number of benzene rings is 2. The summed E-state index contributed by atoms with van der Waals surface area (Å²) in [7, 11) is 1.28. The number of carbonyl (C=O) groups excluding carboxylic acids is 2. The molecule has 0 spiro atoms. The summed E-state index contributed by atoms with van der Waals surface area (Å²) in [4.78, 5) is 23.6. The van der Waals surface area contributed by atoms with Crippen molar-refractivity contribution in [2.45, 2.75) is 6.92 Å². The van der Waals surface area contributed by atoms with Crippen molar-refractivity contribution in [2.24, 2.45) is 5.10 Å². The van der Waals surface area contributed by atoms with Crippen LogP contribution in [0, 0.1) is 0 Å². The molecular weight excluding hydrogens is 536 g/mol. The molecule has 31 heavy (non-hydrogen) atoms. The zero-order valence-corrected chi connectivity index (χ0v) is 19.8. The molecule has 0 aliphatic carbocycles. The number of fused-ring (bicyclic) bond motifs is 1. The molecule has 0 saturated heterocycles. The van der Waals surface area contributed by atoms with Crippen LogP contribution in [0.5, 0.6) is 11.5 Å². The van der Waals surface area contributed by atoms with Gasteiger partial charge in [0.2, 0.25) is 0 Å². The van der Waals surface area contributed by atoms with E-state index in [1.165, 1.54) is 13.3 Å². The van der Waals surface area contributed by atoms with E-state index < -0.39 is 11.9 Å². The van der Waals surface area contributed by atoms with Gasteiger partial charge in [-0.3, -0.25) is 4.79 Å². The van der Waals surface area contributed by atoms with Crippen LogP contribution in [0.15, 0.2) is 54.9 Å². The summed E-state index contributed by atoms with van der Waals surface area (Å²) in [5.41, 5.74) is 3.66. The molecule has 0 bridgehead atoms. The SMILES string of the molecule is CCOc1cc(/C=N\NC(=O)c2cc3cc(Br)cc(Br)c3o2)ccc1OCC(=O)OC. The Labute approximate surface area is 194 Å². The first kappa shape index (κ1) is 22.8. The maximum absolute atomic E-state index is 12.4. The number of hydrogen-bond acceptors (Lipinski definition) is 7. The van der Waals surface area contributed by atoms with Gasteiger partial charge in [-0.05, 0) is 64.8 Å². The van der Waals surface area contributed by atoms with Gasteiger partial charge < -0.3 is 18.6 Å².